The van der Waals surface area contributed by atoms with E-state index >= 15 is 0 Å². The Morgan fingerprint density at radius 3 is 2.73 bits per heavy atom. The zero-order valence-electron chi connectivity index (χ0n) is 14.8. The third-order valence-corrected chi connectivity index (χ3v) is 4.67. The first-order chi connectivity index (χ1) is 12.2. The van der Waals surface area contributed by atoms with Gasteiger partial charge in [0.15, 0.2) is 0 Å². The molecule has 2 aromatic rings. The SMILES string of the molecule is Cc1cc(C(F)(F)F)n(CC(C)CNC(=O)C2(Cn3ccnc3)CC2)n1. The summed E-state index contributed by atoms with van der Waals surface area (Å²) in [5.41, 5.74) is -0.849. The number of carbonyl (C=O) groups is 1. The second-order valence-electron chi connectivity index (χ2n) is 7.18. The fraction of sp³-hybridized carbons (Fsp3) is 0.588. The smallest absolute Gasteiger partial charge is 0.355 e. The summed E-state index contributed by atoms with van der Waals surface area (Å²) in [5, 5.41) is 6.82. The molecule has 0 saturated heterocycles. The monoisotopic (exact) mass is 369 g/mol. The lowest BCUT2D eigenvalue weighted by Crippen LogP contribution is -2.38. The van der Waals surface area contributed by atoms with Crippen LogP contribution in [-0.4, -0.2) is 31.8 Å². The fourth-order valence-electron chi connectivity index (χ4n) is 3.06. The van der Waals surface area contributed by atoms with E-state index < -0.39 is 17.3 Å². The molecule has 2 aromatic heterocycles. The minimum Gasteiger partial charge on any atom is -0.355 e. The molecule has 1 aliphatic rings. The molecule has 1 saturated carbocycles. The number of carbonyl (C=O) groups excluding carboxylic acids is 1. The largest absolute Gasteiger partial charge is 0.433 e. The van der Waals surface area contributed by atoms with Crippen molar-refractivity contribution in [2.75, 3.05) is 6.54 Å². The van der Waals surface area contributed by atoms with Crippen molar-refractivity contribution in [1.29, 1.82) is 0 Å². The highest BCUT2D eigenvalue weighted by Crippen LogP contribution is 2.47. The molecule has 0 spiro atoms. The summed E-state index contributed by atoms with van der Waals surface area (Å²) in [6, 6.07) is 1.04. The van der Waals surface area contributed by atoms with E-state index in [9.17, 15) is 18.0 Å². The molecule has 142 valence electrons. The second kappa shape index (κ2) is 6.77. The third kappa shape index (κ3) is 4.08. The number of halogens is 3. The second-order valence-corrected chi connectivity index (χ2v) is 7.18. The highest BCUT2D eigenvalue weighted by Gasteiger charge is 2.49. The van der Waals surface area contributed by atoms with Crippen LogP contribution in [0.2, 0.25) is 0 Å². The van der Waals surface area contributed by atoms with Gasteiger partial charge in [0.05, 0.1) is 17.4 Å². The van der Waals surface area contributed by atoms with Crippen LogP contribution < -0.4 is 5.32 Å². The molecule has 1 fully saturated rings. The first-order valence-electron chi connectivity index (χ1n) is 8.55. The van der Waals surface area contributed by atoms with Crippen molar-refractivity contribution < 1.29 is 18.0 Å². The lowest BCUT2D eigenvalue weighted by molar-refractivity contribution is -0.144. The van der Waals surface area contributed by atoms with Gasteiger partial charge in [-0.1, -0.05) is 6.92 Å². The van der Waals surface area contributed by atoms with Crippen molar-refractivity contribution in [3.8, 4) is 0 Å². The highest BCUT2D eigenvalue weighted by atomic mass is 19.4. The molecule has 2 heterocycles. The number of rotatable bonds is 7. The molecule has 26 heavy (non-hydrogen) atoms. The molecule has 1 aliphatic carbocycles. The zero-order valence-corrected chi connectivity index (χ0v) is 14.8. The van der Waals surface area contributed by atoms with Crippen LogP contribution in [0.25, 0.3) is 0 Å². The number of aryl methyl sites for hydroxylation is 1. The summed E-state index contributed by atoms with van der Waals surface area (Å²) in [6.45, 7) is 4.31. The van der Waals surface area contributed by atoms with Gasteiger partial charge < -0.3 is 9.88 Å². The quantitative estimate of drug-likeness (QED) is 0.816. The van der Waals surface area contributed by atoms with Crippen LogP contribution in [-0.2, 0) is 24.1 Å². The van der Waals surface area contributed by atoms with E-state index in [0.29, 0.717) is 18.8 Å². The lowest BCUT2D eigenvalue weighted by atomic mass is 10.1. The number of alkyl halides is 3. The van der Waals surface area contributed by atoms with E-state index in [-0.39, 0.29) is 18.4 Å². The predicted molar refractivity (Wildman–Crippen MR) is 88.0 cm³/mol. The maximum atomic E-state index is 13.0. The Hall–Kier alpha value is -2.32. The van der Waals surface area contributed by atoms with Crippen molar-refractivity contribution in [3.05, 3.63) is 36.2 Å². The Kier molecular flexibility index (Phi) is 4.81. The van der Waals surface area contributed by atoms with Crippen LogP contribution in [0.3, 0.4) is 0 Å². The van der Waals surface area contributed by atoms with E-state index in [4.69, 9.17) is 0 Å². The molecule has 0 bridgehead atoms. The Morgan fingerprint density at radius 1 is 1.42 bits per heavy atom. The summed E-state index contributed by atoms with van der Waals surface area (Å²) in [6.07, 6.45) is 2.33. The van der Waals surface area contributed by atoms with E-state index in [1.54, 1.807) is 19.4 Å². The normalized spacial score (nSPS) is 17.1. The molecular formula is C17H22F3N5O. The summed E-state index contributed by atoms with van der Waals surface area (Å²) in [5.74, 6) is -0.228. The van der Waals surface area contributed by atoms with Crippen molar-refractivity contribution in [3.63, 3.8) is 0 Å². The van der Waals surface area contributed by atoms with Crippen LogP contribution in [0.15, 0.2) is 24.8 Å². The summed E-state index contributed by atoms with van der Waals surface area (Å²) in [4.78, 5) is 16.5. The van der Waals surface area contributed by atoms with Gasteiger partial charge in [-0.25, -0.2) is 4.98 Å². The van der Waals surface area contributed by atoms with E-state index in [1.165, 1.54) is 6.92 Å². The molecule has 0 radical (unpaired) electrons. The number of amides is 1. The average molecular weight is 369 g/mol. The Bertz CT molecular complexity index is 762. The van der Waals surface area contributed by atoms with Gasteiger partial charge in [0.2, 0.25) is 5.91 Å². The molecule has 9 heteroatoms. The highest BCUT2D eigenvalue weighted by molar-refractivity contribution is 5.85. The molecule has 3 rings (SSSR count). The minimum absolute atomic E-state index is 0.0502. The lowest BCUT2D eigenvalue weighted by Gasteiger charge is -2.19. The van der Waals surface area contributed by atoms with Gasteiger partial charge in [-0.05, 0) is 31.7 Å². The van der Waals surface area contributed by atoms with Crippen LogP contribution in [0.1, 0.15) is 31.2 Å². The van der Waals surface area contributed by atoms with Crippen molar-refractivity contribution in [2.24, 2.45) is 11.3 Å². The van der Waals surface area contributed by atoms with E-state index in [0.717, 1.165) is 23.6 Å². The number of hydrogen-bond acceptors (Lipinski definition) is 3. The molecule has 0 aromatic carbocycles. The van der Waals surface area contributed by atoms with Crippen LogP contribution in [0.4, 0.5) is 13.2 Å². The van der Waals surface area contributed by atoms with Gasteiger partial charge in [-0.3, -0.25) is 9.48 Å². The maximum Gasteiger partial charge on any atom is 0.433 e. The molecular weight excluding hydrogens is 347 g/mol. The standard InChI is InChI=1S/C17H22F3N5O/c1-12(9-25-14(17(18,19)20)7-13(2)23-25)8-22-15(26)16(3-4-16)10-24-6-5-21-11-24/h5-7,11-12H,3-4,8-10H2,1-2H3,(H,22,26). The van der Waals surface area contributed by atoms with Gasteiger partial charge in [0.1, 0.15) is 5.69 Å². The van der Waals surface area contributed by atoms with Crippen LogP contribution in [0.5, 0.6) is 0 Å². The molecule has 1 N–H and O–H groups in total. The van der Waals surface area contributed by atoms with Gasteiger partial charge in [0, 0.05) is 32.0 Å². The Labute approximate surface area is 149 Å². The average Bonchev–Trinajstić information content (AvgIpc) is 2.96. The number of hydrogen-bond donors (Lipinski definition) is 1. The molecule has 1 amide bonds. The van der Waals surface area contributed by atoms with Gasteiger partial charge in [0.25, 0.3) is 0 Å². The third-order valence-electron chi connectivity index (χ3n) is 4.67. The first-order valence-corrected chi connectivity index (χ1v) is 8.55. The number of imidazole rings is 1. The summed E-state index contributed by atoms with van der Waals surface area (Å²) >= 11 is 0. The summed E-state index contributed by atoms with van der Waals surface area (Å²) in [7, 11) is 0. The summed E-state index contributed by atoms with van der Waals surface area (Å²) < 4.78 is 41.9. The zero-order chi connectivity index (χ0) is 18.9. The van der Waals surface area contributed by atoms with Crippen LogP contribution in [0, 0.1) is 18.3 Å². The Balaban J connectivity index is 1.55. The van der Waals surface area contributed by atoms with Gasteiger partial charge in [-0.2, -0.15) is 18.3 Å². The van der Waals surface area contributed by atoms with Crippen LogP contribution >= 0.6 is 0 Å². The first kappa shape index (κ1) is 18.5. The van der Waals surface area contributed by atoms with Crippen molar-refractivity contribution in [2.45, 2.75) is 46.0 Å². The van der Waals surface area contributed by atoms with E-state index in [1.807, 2.05) is 10.8 Å². The molecule has 1 atom stereocenters. The van der Waals surface area contributed by atoms with Crippen molar-refractivity contribution >= 4 is 5.91 Å². The number of nitrogens with zero attached hydrogens (tertiary/aromatic N) is 4. The minimum atomic E-state index is -4.44. The molecule has 6 nitrogen and oxygen atoms in total. The maximum absolute atomic E-state index is 13.0. The fourth-order valence-corrected chi connectivity index (χ4v) is 3.06. The molecule has 0 aliphatic heterocycles. The van der Waals surface area contributed by atoms with Crippen molar-refractivity contribution in [1.82, 2.24) is 24.6 Å². The topological polar surface area (TPSA) is 64.7 Å². The van der Waals surface area contributed by atoms with Gasteiger partial charge >= 0.3 is 6.18 Å². The Morgan fingerprint density at radius 2 is 2.15 bits per heavy atom. The predicted octanol–water partition coefficient (Wildman–Crippen LogP) is 2.64. The number of nitrogens with one attached hydrogen (secondary N) is 1. The van der Waals surface area contributed by atoms with E-state index in [2.05, 4.69) is 15.4 Å². The number of aromatic nitrogens is 4. The molecule has 1 unspecified atom stereocenters. The van der Waals surface area contributed by atoms with Gasteiger partial charge in [-0.15, -0.1) is 0 Å².